The third-order valence-corrected chi connectivity index (χ3v) is 5.47. The maximum absolute atomic E-state index is 13.6. The van der Waals surface area contributed by atoms with E-state index in [2.05, 4.69) is 11.9 Å². The molecule has 162 valence electrons. The molecule has 0 bridgehead atoms. The number of anilines is 1. The molecule has 0 unspecified atom stereocenters. The zero-order valence-electron chi connectivity index (χ0n) is 17.4. The third kappa shape index (κ3) is 6.14. The largest absolute Gasteiger partial charge is 0.494 e. The molecule has 0 radical (unpaired) electrons. The first-order valence-electron chi connectivity index (χ1n) is 9.73. The van der Waals surface area contributed by atoms with Crippen LogP contribution in [0.2, 0.25) is 0 Å². The van der Waals surface area contributed by atoms with Gasteiger partial charge in [-0.2, -0.15) is 0 Å². The number of nitrogens with zero attached hydrogens (tertiary/aromatic N) is 3. The molecule has 1 aromatic heterocycles. The van der Waals surface area contributed by atoms with Crippen LogP contribution in [0.1, 0.15) is 30.1 Å². The van der Waals surface area contributed by atoms with Crippen LogP contribution in [0.3, 0.4) is 0 Å². The number of thiazole rings is 1. The summed E-state index contributed by atoms with van der Waals surface area (Å²) >= 11 is 1.32. The van der Waals surface area contributed by atoms with E-state index in [0.29, 0.717) is 41.7 Å². The normalized spacial score (nSPS) is 10.8. The van der Waals surface area contributed by atoms with Crippen molar-refractivity contribution < 1.29 is 13.9 Å². The van der Waals surface area contributed by atoms with Crippen LogP contribution in [0.4, 0.5) is 9.52 Å². The molecule has 0 atom stereocenters. The summed E-state index contributed by atoms with van der Waals surface area (Å²) in [4.78, 5) is 21.6. The fraction of sp³-hybridized carbons (Fsp3) is 0.364. The van der Waals surface area contributed by atoms with Gasteiger partial charge >= 0.3 is 0 Å². The van der Waals surface area contributed by atoms with Crippen LogP contribution < -0.4 is 9.64 Å². The molecule has 1 heterocycles. The zero-order chi connectivity index (χ0) is 20.8. The number of likely N-dealkylation sites (N-methyl/N-ethyl adjacent to an activating group) is 1. The van der Waals surface area contributed by atoms with Crippen LogP contribution in [0.5, 0.6) is 5.75 Å². The third-order valence-electron chi connectivity index (χ3n) is 4.43. The molecule has 1 amide bonds. The van der Waals surface area contributed by atoms with Crippen LogP contribution in [-0.2, 0) is 0 Å². The van der Waals surface area contributed by atoms with Gasteiger partial charge in [-0.1, -0.05) is 30.7 Å². The Balaban J connectivity index is 0.00000320. The number of aromatic nitrogens is 1. The number of carbonyl (C=O) groups is 1. The lowest BCUT2D eigenvalue weighted by Crippen LogP contribution is -2.36. The second-order valence-corrected chi connectivity index (χ2v) is 8.11. The molecule has 0 fully saturated rings. The second kappa shape index (κ2) is 11.2. The monoisotopic (exact) mass is 451 g/mol. The smallest absolute Gasteiger partial charge is 0.260 e. The van der Waals surface area contributed by atoms with E-state index in [1.54, 1.807) is 23.1 Å². The molecule has 30 heavy (non-hydrogen) atoms. The van der Waals surface area contributed by atoms with Crippen LogP contribution >= 0.6 is 23.7 Å². The standard InChI is InChI=1S/C22H26FN3O2S.ClH/c1-4-5-13-28-18-8-6-7-16(14-18)21(27)26(12-11-25(2)3)22-24-19-10-9-17(23)15-20(19)29-22;/h6-10,14-15H,4-5,11-13H2,1-3H3;1H. The average Bonchev–Trinajstić information content (AvgIpc) is 3.11. The number of fused-ring (bicyclic) bond motifs is 1. The number of amides is 1. The summed E-state index contributed by atoms with van der Waals surface area (Å²) in [6.07, 6.45) is 2.02. The van der Waals surface area contributed by atoms with E-state index in [0.717, 1.165) is 17.5 Å². The van der Waals surface area contributed by atoms with Gasteiger partial charge in [-0.05, 0) is 56.9 Å². The maximum Gasteiger partial charge on any atom is 0.260 e. The molecule has 0 aliphatic rings. The Morgan fingerprint density at radius 3 is 2.70 bits per heavy atom. The molecule has 0 N–H and O–H groups in total. The van der Waals surface area contributed by atoms with Crippen molar-refractivity contribution in [3.63, 3.8) is 0 Å². The summed E-state index contributed by atoms with van der Waals surface area (Å²) in [5, 5.41) is 0.565. The zero-order valence-corrected chi connectivity index (χ0v) is 19.1. The van der Waals surface area contributed by atoms with E-state index in [-0.39, 0.29) is 24.1 Å². The SMILES string of the molecule is CCCCOc1cccc(C(=O)N(CCN(C)C)c2nc3ccc(F)cc3s2)c1.Cl. The number of hydrogen-bond donors (Lipinski definition) is 0. The lowest BCUT2D eigenvalue weighted by atomic mass is 10.2. The summed E-state index contributed by atoms with van der Waals surface area (Å²) in [5.74, 6) is 0.228. The highest BCUT2D eigenvalue weighted by molar-refractivity contribution is 7.22. The summed E-state index contributed by atoms with van der Waals surface area (Å²) in [6.45, 7) is 3.90. The molecular formula is C22H27ClFN3O2S. The number of rotatable bonds is 9. The average molecular weight is 452 g/mol. The van der Waals surface area contributed by atoms with Gasteiger partial charge in [0.2, 0.25) is 0 Å². The van der Waals surface area contributed by atoms with Gasteiger partial charge in [0.05, 0.1) is 16.8 Å². The highest BCUT2D eigenvalue weighted by atomic mass is 35.5. The first-order valence-corrected chi connectivity index (χ1v) is 10.5. The van der Waals surface area contributed by atoms with Crippen molar-refractivity contribution in [1.29, 1.82) is 0 Å². The molecule has 2 aromatic carbocycles. The molecule has 3 rings (SSSR count). The summed E-state index contributed by atoms with van der Waals surface area (Å²) in [6, 6.07) is 11.7. The fourth-order valence-corrected chi connectivity index (χ4v) is 3.81. The Bertz CT molecular complexity index is 980. The second-order valence-electron chi connectivity index (χ2n) is 7.10. The lowest BCUT2D eigenvalue weighted by Gasteiger charge is -2.22. The fourth-order valence-electron chi connectivity index (χ4n) is 2.79. The van der Waals surface area contributed by atoms with Gasteiger partial charge in [0.1, 0.15) is 11.6 Å². The number of unbranched alkanes of at least 4 members (excludes halogenated alkanes) is 1. The number of benzene rings is 2. The molecule has 3 aromatic rings. The van der Waals surface area contributed by atoms with E-state index in [1.165, 1.54) is 23.5 Å². The maximum atomic E-state index is 13.6. The topological polar surface area (TPSA) is 45.7 Å². The van der Waals surface area contributed by atoms with Crippen LogP contribution in [0.15, 0.2) is 42.5 Å². The van der Waals surface area contributed by atoms with Crippen molar-refractivity contribution >= 4 is 45.0 Å². The molecule has 5 nitrogen and oxygen atoms in total. The Morgan fingerprint density at radius 1 is 1.17 bits per heavy atom. The van der Waals surface area contributed by atoms with E-state index >= 15 is 0 Å². The Hall–Kier alpha value is -2.22. The predicted octanol–water partition coefficient (Wildman–Crippen LogP) is 5.24. The van der Waals surface area contributed by atoms with Crippen molar-refractivity contribution in [1.82, 2.24) is 9.88 Å². The molecule has 8 heteroatoms. The quantitative estimate of drug-likeness (QED) is 0.417. The van der Waals surface area contributed by atoms with Crippen LogP contribution in [-0.4, -0.2) is 49.6 Å². The Labute approximate surface area is 186 Å². The van der Waals surface area contributed by atoms with Gasteiger partial charge in [0.15, 0.2) is 5.13 Å². The number of carbonyl (C=O) groups excluding carboxylic acids is 1. The summed E-state index contributed by atoms with van der Waals surface area (Å²) in [5.41, 5.74) is 1.23. The van der Waals surface area contributed by atoms with Gasteiger partial charge in [-0.15, -0.1) is 12.4 Å². The predicted molar refractivity (Wildman–Crippen MR) is 124 cm³/mol. The minimum atomic E-state index is -0.309. The molecule has 0 spiro atoms. The lowest BCUT2D eigenvalue weighted by molar-refractivity contribution is 0.0984. The molecule has 0 saturated carbocycles. The Kier molecular flexibility index (Phi) is 9.02. The molecular weight excluding hydrogens is 425 g/mol. The first-order chi connectivity index (χ1) is 14.0. The van der Waals surface area contributed by atoms with Gasteiger partial charge in [-0.3, -0.25) is 9.69 Å². The van der Waals surface area contributed by atoms with Gasteiger partial charge < -0.3 is 9.64 Å². The van der Waals surface area contributed by atoms with Crippen molar-refractivity contribution in [2.24, 2.45) is 0 Å². The number of halogens is 2. The van der Waals surface area contributed by atoms with Gasteiger partial charge in [-0.25, -0.2) is 9.37 Å². The molecule has 0 saturated heterocycles. The number of hydrogen-bond acceptors (Lipinski definition) is 5. The summed E-state index contributed by atoms with van der Waals surface area (Å²) < 4.78 is 20.0. The van der Waals surface area contributed by atoms with Crippen LogP contribution in [0, 0.1) is 5.82 Å². The minimum absolute atomic E-state index is 0. The first kappa shape index (κ1) is 24.1. The van der Waals surface area contributed by atoms with E-state index in [4.69, 9.17) is 4.74 Å². The van der Waals surface area contributed by atoms with E-state index in [9.17, 15) is 9.18 Å². The van der Waals surface area contributed by atoms with Crippen molar-refractivity contribution in [2.45, 2.75) is 19.8 Å². The highest BCUT2D eigenvalue weighted by Gasteiger charge is 2.22. The highest BCUT2D eigenvalue weighted by Crippen LogP contribution is 2.30. The van der Waals surface area contributed by atoms with Crippen molar-refractivity contribution in [3.05, 3.63) is 53.8 Å². The Morgan fingerprint density at radius 2 is 1.97 bits per heavy atom. The van der Waals surface area contributed by atoms with Crippen LogP contribution in [0.25, 0.3) is 10.2 Å². The molecule has 0 aliphatic carbocycles. The van der Waals surface area contributed by atoms with Gasteiger partial charge in [0, 0.05) is 18.7 Å². The molecule has 0 aliphatic heterocycles. The summed E-state index contributed by atoms with van der Waals surface area (Å²) in [7, 11) is 3.91. The van der Waals surface area contributed by atoms with E-state index < -0.39 is 0 Å². The van der Waals surface area contributed by atoms with Gasteiger partial charge in [0.25, 0.3) is 5.91 Å². The number of ether oxygens (including phenoxy) is 1. The van der Waals surface area contributed by atoms with E-state index in [1.807, 2.05) is 31.1 Å². The van der Waals surface area contributed by atoms with Crippen molar-refractivity contribution in [3.8, 4) is 5.75 Å². The van der Waals surface area contributed by atoms with Crippen molar-refractivity contribution in [2.75, 3.05) is 38.7 Å². The minimum Gasteiger partial charge on any atom is -0.494 e.